The maximum Gasteiger partial charge on any atom is 0.344 e. The number of nitrogens with zero attached hydrogens (tertiary/aromatic N) is 1. The first-order chi connectivity index (χ1) is 13.2. The fourth-order valence-electron chi connectivity index (χ4n) is 3.67. The van der Waals surface area contributed by atoms with Gasteiger partial charge in [-0.1, -0.05) is 36.4 Å². The molecule has 134 valence electrons. The standard InChI is InChI=1S/C22H16FNO3/c23-19-8-4-1-5-14(19)11-24-12-18-20(26-13-24)10-9-16-15-6-2-3-7-17(15)22(25)27-21(16)18/h1-10H,11-13H2. The smallest absolute Gasteiger partial charge is 0.344 e. The molecule has 5 rings (SSSR count). The molecular weight excluding hydrogens is 345 g/mol. The van der Waals surface area contributed by atoms with Gasteiger partial charge in [-0.05, 0) is 29.7 Å². The molecular formula is C22H16FNO3. The van der Waals surface area contributed by atoms with Crippen LogP contribution in [0.3, 0.4) is 0 Å². The molecule has 0 fully saturated rings. The van der Waals surface area contributed by atoms with Crippen LogP contribution in [0.25, 0.3) is 21.7 Å². The molecule has 1 aromatic heterocycles. The Morgan fingerprint density at radius 3 is 2.56 bits per heavy atom. The van der Waals surface area contributed by atoms with E-state index in [2.05, 4.69) is 0 Å². The summed E-state index contributed by atoms with van der Waals surface area (Å²) >= 11 is 0. The lowest BCUT2D eigenvalue weighted by atomic mass is 10.0. The largest absolute Gasteiger partial charge is 0.478 e. The van der Waals surface area contributed by atoms with Gasteiger partial charge < -0.3 is 9.15 Å². The molecule has 0 radical (unpaired) electrons. The highest BCUT2D eigenvalue weighted by Crippen LogP contribution is 2.35. The number of halogens is 1. The average Bonchev–Trinajstić information content (AvgIpc) is 2.70. The Hall–Kier alpha value is -3.18. The van der Waals surface area contributed by atoms with E-state index < -0.39 is 0 Å². The molecule has 5 heteroatoms. The number of hydrogen-bond acceptors (Lipinski definition) is 4. The van der Waals surface area contributed by atoms with Crippen molar-refractivity contribution in [3.63, 3.8) is 0 Å². The predicted molar refractivity (Wildman–Crippen MR) is 101 cm³/mol. The maximum absolute atomic E-state index is 14.0. The third-order valence-corrected chi connectivity index (χ3v) is 4.99. The molecule has 0 unspecified atom stereocenters. The molecule has 0 atom stereocenters. The summed E-state index contributed by atoms with van der Waals surface area (Å²) in [5.41, 5.74) is 1.60. The van der Waals surface area contributed by atoms with Crippen LogP contribution < -0.4 is 10.4 Å². The van der Waals surface area contributed by atoms with Crippen LogP contribution in [0.15, 0.2) is 69.9 Å². The minimum absolute atomic E-state index is 0.237. The molecule has 3 aromatic carbocycles. The van der Waals surface area contributed by atoms with E-state index in [1.165, 1.54) is 6.07 Å². The Morgan fingerprint density at radius 2 is 1.70 bits per heavy atom. The van der Waals surface area contributed by atoms with Crippen molar-refractivity contribution < 1.29 is 13.5 Å². The molecule has 2 heterocycles. The quantitative estimate of drug-likeness (QED) is 0.391. The van der Waals surface area contributed by atoms with Crippen molar-refractivity contribution in [1.82, 2.24) is 4.90 Å². The molecule has 0 saturated heterocycles. The van der Waals surface area contributed by atoms with E-state index in [-0.39, 0.29) is 11.4 Å². The maximum atomic E-state index is 14.0. The second-order valence-corrected chi connectivity index (χ2v) is 6.71. The lowest BCUT2D eigenvalue weighted by molar-refractivity contribution is 0.0880. The zero-order valence-corrected chi connectivity index (χ0v) is 14.4. The summed E-state index contributed by atoms with van der Waals surface area (Å²) in [6.07, 6.45) is 0. The zero-order chi connectivity index (χ0) is 18.4. The zero-order valence-electron chi connectivity index (χ0n) is 14.4. The molecule has 27 heavy (non-hydrogen) atoms. The van der Waals surface area contributed by atoms with E-state index in [9.17, 15) is 9.18 Å². The van der Waals surface area contributed by atoms with Crippen molar-refractivity contribution in [2.24, 2.45) is 0 Å². The Labute approximate surface area is 154 Å². The monoisotopic (exact) mass is 361 g/mol. The van der Waals surface area contributed by atoms with Gasteiger partial charge in [-0.2, -0.15) is 0 Å². The fraction of sp³-hybridized carbons (Fsp3) is 0.136. The van der Waals surface area contributed by atoms with Gasteiger partial charge in [0.1, 0.15) is 23.9 Å². The summed E-state index contributed by atoms with van der Waals surface area (Å²) in [6.45, 7) is 1.28. The average molecular weight is 361 g/mol. The van der Waals surface area contributed by atoms with Crippen molar-refractivity contribution in [3.8, 4) is 5.75 Å². The van der Waals surface area contributed by atoms with Crippen molar-refractivity contribution in [1.29, 1.82) is 0 Å². The minimum Gasteiger partial charge on any atom is -0.478 e. The molecule has 0 saturated carbocycles. The Bertz CT molecular complexity index is 1230. The van der Waals surface area contributed by atoms with Crippen LogP contribution in [0.2, 0.25) is 0 Å². The molecule has 0 N–H and O–H groups in total. The van der Waals surface area contributed by atoms with E-state index >= 15 is 0 Å². The normalized spacial score (nSPS) is 14.3. The van der Waals surface area contributed by atoms with Crippen molar-refractivity contribution in [2.75, 3.05) is 6.73 Å². The highest BCUT2D eigenvalue weighted by atomic mass is 19.1. The van der Waals surface area contributed by atoms with E-state index in [4.69, 9.17) is 9.15 Å². The molecule has 4 aromatic rings. The van der Waals surface area contributed by atoms with Crippen molar-refractivity contribution in [2.45, 2.75) is 13.1 Å². The number of rotatable bonds is 2. The molecule has 0 amide bonds. The number of fused-ring (bicyclic) bond motifs is 5. The summed E-state index contributed by atoms with van der Waals surface area (Å²) in [4.78, 5) is 14.4. The van der Waals surface area contributed by atoms with Crippen LogP contribution in [-0.2, 0) is 13.1 Å². The molecule has 0 aliphatic carbocycles. The third kappa shape index (κ3) is 2.67. The Balaban J connectivity index is 1.61. The molecule has 1 aliphatic heterocycles. The molecule has 0 bridgehead atoms. The summed E-state index contributed by atoms with van der Waals surface area (Å²) in [6, 6.07) is 18.0. The Morgan fingerprint density at radius 1 is 0.926 bits per heavy atom. The van der Waals surface area contributed by atoms with Gasteiger partial charge in [-0.15, -0.1) is 0 Å². The first-order valence-corrected chi connectivity index (χ1v) is 8.77. The van der Waals surface area contributed by atoms with Crippen LogP contribution in [0.5, 0.6) is 5.75 Å². The predicted octanol–water partition coefficient (Wildman–Crippen LogP) is 4.44. The van der Waals surface area contributed by atoms with Gasteiger partial charge in [0.15, 0.2) is 0 Å². The van der Waals surface area contributed by atoms with Gasteiger partial charge >= 0.3 is 5.63 Å². The summed E-state index contributed by atoms with van der Waals surface area (Å²) in [7, 11) is 0. The van der Waals surface area contributed by atoms with Gasteiger partial charge in [-0.3, -0.25) is 4.90 Å². The first kappa shape index (κ1) is 16.0. The number of ether oxygens (including phenoxy) is 1. The molecule has 1 aliphatic rings. The molecule has 0 spiro atoms. The van der Waals surface area contributed by atoms with Gasteiger partial charge in [-0.25, -0.2) is 9.18 Å². The summed E-state index contributed by atoms with van der Waals surface area (Å²) in [5, 5.41) is 2.29. The van der Waals surface area contributed by atoms with E-state index in [0.717, 1.165) is 16.3 Å². The van der Waals surface area contributed by atoms with Crippen molar-refractivity contribution in [3.05, 3.63) is 88.0 Å². The number of hydrogen-bond donors (Lipinski definition) is 0. The highest BCUT2D eigenvalue weighted by molar-refractivity contribution is 6.05. The minimum atomic E-state index is -0.363. The SMILES string of the molecule is O=c1oc2c3c(ccc2c2ccccc12)OCN(Cc1ccccc1F)C3. The van der Waals surface area contributed by atoms with Crippen LogP contribution in [0.1, 0.15) is 11.1 Å². The summed E-state index contributed by atoms with van der Waals surface area (Å²) < 4.78 is 25.5. The van der Waals surface area contributed by atoms with Crippen LogP contribution in [-0.4, -0.2) is 11.6 Å². The van der Waals surface area contributed by atoms with E-state index in [1.807, 2.05) is 41.3 Å². The lowest BCUT2D eigenvalue weighted by Crippen LogP contribution is -2.32. The fourth-order valence-corrected chi connectivity index (χ4v) is 3.67. The van der Waals surface area contributed by atoms with Gasteiger partial charge in [0.05, 0.1) is 10.9 Å². The first-order valence-electron chi connectivity index (χ1n) is 8.77. The van der Waals surface area contributed by atoms with Gasteiger partial charge in [0.2, 0.25) is 0 Å². The third-order valence-electron chi connectivity index (χ3n) is 4.99. The van der Waals surface area contributed by atoms with Crippen LogP contribution in [0.4, 0.5) is 4.39 Å². The number of benzene rings is 3. The lowest BCUT2D eigenvalue weighted by Gasteiger charge is -2.29. The Kier molecular flexibility index (Phi) is 3.69. The van der Waals surface area contributed by atoms with Crippen LogP contribution >= 0.6 is 0 Å². The van der Waals surface area contributed by atoms with E-state index in [0.29, 0.717) is 42.1 Å². The second kappa shape index (κ2) is 6.21. The second-order valence-electron chi connectivity index (χ2n) is 6.71. The van der Waals surface area contributed by atoms with Gasteiger partial charge in [0.25, 0.3) is 0 Å². The highest BCUT2D eigenvalue weighted by Gasteiger charge is 2.23. The molecule has 4 nitrogen and oxygen atoms in total. The topological polar surface area (TPSA) is 42.7 Å². The van der Waals surface area contributed by atoms with E-state index in [1.54, 1.807) is 18.2 Å². The van der Waals surface area contributed by atoms with Crippen molar-refractivity contribution >= 4 is 21.7 Å². The van der Waals surface area contributed by atoms with Crippen LogP contribution in [0, 0.1) is 5.82 Å². The van der Waals surface area contributed by atoms with Gasteiger partial charge in [0, 0.05) is 24.0 Å². The summed E-state index contributed by atoms with van der Waals surface area (Å²) in [5.74, 6) is 0.462.